The minimum absolute atomic E-state index is 0.0842. The zero-order valence-corrected chi connectivity index (χ0v) is 19.2. The molecule has 7 heteroatoms. The lowest BCUT2D eigenvalue weighted by Crippen LogP contribution is -2.37. The zero-order chi connectivity index (χ0) is 23.2. The van der Waals surface area contributed by atoms with E-state index in [-0.39, 0.29) is 23.1 Å². The average Bonchev–Trinajstić information content (AvgIpc) is 3.15. The van der Waals surface area contributed by atoms with Gasteiger partial charge in [0.1, 0.15) is 5.82 Å². The van der Waals surface area contributed by atoms with E-state index in [0.29, 0.717) is 29.2 Å². The van der Waals surface area contributed by atoms with Crippen molar-refractivity contribution >= 4 is 23.3 Å². The summed E-state index contributed by atoms with van der Waals surface area (Å²) in [5, 5.41) is 12.7. The van der Waals surface area contributed by atoms with Crippen LogP contribution >= 0.6 is 0 Å². The Labute approximate surface area is 193 Å². The van der Waals surface area contributed by atoms with Gasteiger partial charge < -0.3 is 21.3 Å². The molecule has 0 saturated carbocycles. The van der Waals surface area contributed by atoms with Crippen molar-refractivity contribution in [2.75, 3.05) is 11.9 Å². The van der Waals surface area contributed by atoms with Crippen molar-refractivity contribution in [3.63, 3.8) is 0 Å². The molecule has 0 radical (unpaired) electrons. The third-order valence-corrected chi connectivity index (χ3v) is 6.92. The number of hydrogen-bond donors (Lipinski definition) is 4. The van der Waals surface area contributed by atoms with Gasteiger partial charge in [-0.1, -0.05) is 26.8 Å². The fraction of sp³-hybridized carbons (Fsp3) is 0.346. The first-order chi connectivity index (χ1) is 15.8. The Morgan fingerprint density at radius 3 is 2.91 bits per heavy atom. The van der Waals surface area contributed by atoms with E-state index in [9.17, 15) is 9.59 Å². The van der Waals surface area contributed by atoms with Gasteiger partial charge in [0.2, 0.25) is 0 Å². The van der Waals surface area contributed by atoms with Gasteiger partial charge in [0, 0.05) is 47.8 Å². The van der Waals surface area contributed by atoms with Crippen molar-refractivity contribution < 1.29 is 9.59 Å². The molecule has 4 N–H and O–H groups in total. The van der Waals surface area contributed by atoms with Gasteiger partial charge in [0.15, 0.2) is 0 Å². The summed E-state index contributed by atoms with van der Waals surface area (Å²) in [5.74, 6) is 0.380. The maximum atomic E-state index is 13.3. The van der Waals surface area contributed by atoms with Crippen molar-refractivity contribution in [1.82, 2.24) is 20.9 Å². The van der Waals surface area contributed by atoms with Crippen LogP contribution in [0.1, 0.15) is 59.9 Å². The molecule has 170 valence electrons. The molecule has 2 aliphatic heterocycles. The Bertz CT molecular complexity index is 1210. The highest BCUT2D eigenvalue weighted by Crippen LogP contribution is 2.42. The highest BCUT2D eigenvalue weighted by molar-refractivity contribution is 6.01. The van der Waals surface area contributed by atoms with Crippen LogP contribution in [0, 0.1) is 11.3 Å². The van der Waals surface area contributed by atoms with Crippen LogP contribution in [0.3, 0.4) is 0 Å². The van der Waals surface area contributed by atoms with Crippen LogP contribution in [0.5, 0.6) is 0 Å². The topological polar surface area (TPSA) is 95.2 Å². The van der Waals surface area contributed by atoms with Crippen molar-refractivity contribution in [2.45, 2.75) is 40.2 Å². The molecule has 0 spiro atoms. The second-order valence-corrected chi connectivity index (χ2v) is 9.69. The summed E-state index contributed by atoms with van der Waals surface area (Å²) in [6.45, 7) is 8.22. The van der Waals surface area contributed by atoms with Crippen LogP contribution in [0.4, 0.5) is 11.5 Å². The van der Waals surface area contributed by atoms with Gasteiger partial charge >= 0.3 is 0 Å². The molecular formula is C26H29N5O2. The molecule has 5 rings (SSSR count). The molecule has 2 aromatic rings. The van der Waals surface area contributed by atoms with Crippen LogP contribution < -0.4 is 21.3 Å². The fourth-order valence-electron chi connectivity index (χ4n) is 4.84. The standard InChI is InChI=1S/C26H29N5O2/c1-15-11-20-22(27-10-8-26(20,2)3)13-21(15)31-25(33)18-5-4-9-28-23(18)30-17-7-6-16-14-29-24(32)19(16)12-17/h4-7,9,12-13,15,27H,8,10-11,14H2,1-3H3,(H,28,30)(H,29,32)(H,31,33). The molecule has 7 nitrogen and oxygen atoms in total. The van der Waals surface area contributed by atoms with Crippen LogP contribution in [0.25, 0.3) is 0 Å². The first kappa shape index (κ1) is 21.2. The molecule has 1 aliphatic carbocycles. The third kappa shape index (κ3) is 3.99. The molecule has 0 saturated heterocycles. The highest BCUT2D eigenvalue weighted by Gasteiger charge is 2.34. The van der Waals surface area contributed by atoms with Gasteiger partial charge in [0.25, 0.3) is 11.8 Å². The number of carbonyl (C=O) groups excluding carboxylic acids is 2. The monoisotopic (exact) mass is 443 g/mol. The second-order valence-electron chi connectivity index (χ2n) is 9.69. The molecule has 1 aromatic heterocycles. The minimum Gasteiger partial charge on any atom is -0.385 e. The number of allylic oxidation sites excluding steroid dienone is 3. The molecule has 1 unspecified atom stereocenters. The summed E-state index contributed by atoms with van der Waals surface area (Å²) >= 11 is 0. The fourth-order valence-corrected chi connectivity index (χ4v) is 4.84. The number of pyridine rings is 1. The van der Waals surface area contributed by atoms with E-state index >= 15 is 0 Å². The molecule has 0 bridgehead atoms. The van der Waals surface area contributed by atoms with Crippen LogP contribution in [-0.4, -0.2) is 23.3 Å². The Morgan fingerprint density at radius 2 is 2.06 bits per heavy atom. The van der Waals surface area contributed by atoms with Crippen LogP contribution in [0.2, 0.25) is 0 Å². The number of hydrogen-bond acceptors (Lipinski definition) is 5. The average molecular weight is 444 g/mol. The van der Waals surface area contributed by atoms with Crippen molar-refractivity contribution in [1.29, 1.82) is 0 Å². The number of nitrogens with one attached hydrogen (secondary N) is 4. The summed E-state index contributed by atoms with van der Waals surface area (Å²) < 4.78 is 0. The molecule has 3 heterocycles. The molecule has 2 amide bonds. The summed E-state index contributed by atoms with van der Waals surface area (Å²) in [6, 6.07) is 9.11. The minimum atomic E-state index is -0.207. The predicted octanol–water partition coefficient (Wildman–Crippen LogP) is 4.00. The number of amides is 2. The van der Waals surface area contributed by atoms with Crippen molar-refractivity contribution in [3.05, 3.63) is 76.3 Å². The van der Waals surface area contributed by atoms with E-state index in [0.717, 1.165) is 36.3 Å². The van der Waals surface area contributed by atoms with E-state index < -0.39 is 0 Å². The Balaban J connectivity index is 1.38. The first-order valence-electron chi connectivity index (χ1n) is 11.5. The normalized spacial score (nSPS) is 20.8. The molecular weight excluding hydrogens is 414 g/mol. The number of nitrogens with zero attached hydrogens (tertiary/aromatic N) is 1. The highest BCUT2D eigenvalue weighted by atomic mass is 16.2. The van der Waals surface area contributed by atoms with Gasteiger partial charge in [-0.05, 0) is 59.7 Å². The van der Waals surface area contributed by atoms with Crippen LogP contribution in [0.15, 0.2) is 59.6 Å². The Hall–Kier alpha value is -3.61. The Kier molecular flexibility index (Phi) is 5.19. The largest absolute Gasteiger partial charge is 0.385 e. The van der Waals surface area contributed by atoms with Gasteiger partial charge in [-0.15, -0.1) is 0 Å². The maximum absolute atomic E-state index is 13.3. The first-order valence-corrected chi connectivity index (χ1v) is 11.5. The Morgan fingerprint density at radius 1 is 1.21 bits per heavy atom. The molecule has 1 atom stereocenters. The maximum Gasteiger partial charge on any atom is 0.259 e. The van der Waals surface area contributed by atoms with E-state index in [1.807, 2.05) is 12.1 Å². The summed E-state index contributed by atoms with van der Waals surface area (Å²) in [4.78, 5) is 29.7. The van der Waals surface area contributed by atoms with Gasteiger partial charge in [-0.2, -0.15) is 0 Å². The second kappa shape index (κ2) is 8.06. The van der Waals surface area contributed by atoms with E-state index in [4.69, 9.17) is 0 Å². The lowest BCUT2D eigenvalue weighted by molar-refractivity contribution is 0.0955. The van der Waals surface area contributed by atoms with Crippen LogP contribution in [-0.2, 0) is 6.54 Å². The predicted molar refractivity (Wildman–Crippen MR) is 128 cm³/mol. The summed E-state index contributed by atoms with van der Waals surface area (Å²) in [5.41, 5.74) is 6.44. The van der Waals surface area contributed by atoms with E-state index in [1.165, 1.54) is 5.57 Å². The summed E-state index contributed by atoms with van der Waals surface area (Å²) in [6.07, 6.45) is 5.78. The lowest BCUT2D eigenvalue weighted by atomic mass is 9.72. The van der Waals surface area contributed by atoms with Crippen molar-refractivity contribution in [3.8, 4) is 0 Å². The number of aromatic nitrogens is 1. The molecule has 3 aliphatic rings. The van der Waals surface area contributed by atoms with Gasteiger partial charge in [-0.3, -0.25) is 9.59 Å². The SMILES string of the molecule is CC1CC2=C(C=C1NC(=O)c1cccnc1Nc1ccc3c(c1)C(=O)NC3)NCCC2(C)C. The lowest BCUT2D eigenvalue weighted by Gasteiger charge is -2.39. The molecule has 1 aromatic carbocycles. The third-order valence-electron chi connectivity index (χ3n) is 6.92. The number of anilines is 2. The molecule has 33 heavy (non-hydrogen) atoms. The number of rotatable bonds is 4. The van der Waals surface area contributed by atoms with Gasteiger partial charge in [-0.25, -0.2) is 4.98 Å². The van der Waals surface area contributed by atoms with E-state index in [2.05, 4.69) is 53.1 Å². The zero-order valence-electron chi connectivity index (χ0n) is 19.2. The number of carbonyl (C=O) groups is 2. The summed E-state index contributed by atoms with van der Waals surface area (Å²) in [7, 11) is 0. The van der Waals surface area contributed by atoms with Crippen molar-refractivity contribution in [2.24, 2.45) is 11.3 Å². The smallest absolute Gasteiger partial charge is 0.259 e. The quantitative estimate of drug-likeness (QED) is 0.573. The molecule has 0 fully saturated rings. The van der Waals surface area contributed by atoms with E-state index in [1.54, 1.807) is 24.4 Å². The number of benzene rings is 1. The number of fused-ring (bicyclic) bond motifs is 1. The van der Waals surface area contributed by atoms with Gasteiger partial charge in [0.05, 0.1) is 5.56 Å².